The highest BCUT2D eigenvalue weighted by atomic mass is 35.5. The first kappa shape index (κ1) is 12.1. The van der Waals surface area contributed by atoms with Crippen LogP contribution in [-0.4, -0.2) is 6.67 Å². The molecule has 0 atom stereocenters. The Kier molecular flexibility index (Phi) is 3.78. The zero-order valence-corrected chi connectivity index (χ0v) is 8.28. The van der Waals surface area contributed by atoms with Crippen molar-refractivity contribution in [2.24, 2.45) is 5.84 Å². The number of hydrogen-bond acceptors (Lipinski definition) is 3. The first-order valence-electron chi connectivity index (χ1n) is 3.99. The van der Waals surface area contributed by atoms with Gasteiger partial charge in [0.25, 0.3) is 0 Å². The summed E-state index contributed by atoms with van der Waals surface area (Å²) in [5, 5.41) is 2.81. The molecule has 84 valence electrons. The highest BCUT2D eigenvalue weighted by Crippen LogP contribution is 2.33. The molecule has 0 saturated heterocycles. The lowest BCUT2D eigenvalue weighted by atomic mass is 10.2. The molecule has 0 aliphatic carbocycles. The van der Waals surface area contributed by atoms with Crippen LogP contribution in [0.1, 0.15) is 5.56 Å². The van der Waals surface area contributed by atoms with E-state index in [-0.39, 0.29) is 17.4 Å². The SMILES string of the molecule is NNCNc1cc(C(F)(F)F)ccc1Cl. The van der Waals surface area contributed by atoms with Crippen molar-refractivity contribution in [1.29, 1.82) is 0 Å². The number of rotatable bonds is 3. The first-order valence-corrected chi connectivity index (χ1v) is 4.37. The molecular formula is C8H9ClF3N3. The molecule has 0 bridgehead atoms. The van der Waals surface area contributed by atoms with Gasteiger partial charge in [0.2, 0.25) is 0 Å². The van der Waals surface area contributed by atoms with Gasteiger partial charge >= 0.3 is 6.18 Å². The number of alkyl halides is 3. The van der Waals surface area contributed by atoms with Crippen LogP contribution in [-0.2, 0) is 6.18 Å². The Labute approximate surface area is 89.4 Å². The van der Waals surface area contributed by atoms with Crippen LogP contribution in [0.5, 0.6) is 0 Å². The maximum atomic E-state index is 12.3. The van der Waals surface area contributed by atoms with Crippen molar-refractivity contribution >= 4 is 17.3 Å². The fraction of sp³-hybridized carbons (Fsp3) is 0.250. The average Bonchev–Trinajstić information content (AvgIpc) is 2.15. The fourth-order valence-electron chi connectivity index (χ4n) is 0.983. The van der Waals surface area contributed by atoms with Crippen molar-refractivity contribution in [1.82, 2.24) is 5.43 Å². The quantitative estimate of drug-likeness (QED) is 0.431. The van der Waals surface area contributed by atoms with E-state index in [0.717, 1.165) is 12.1 Å². The van der Waals surface area contributed by atoms with E-state index in [9.17, 15) is 13.2 Å². The largest absolute Gasteiger partial charge is 0.416 e. The second-order valence-electron chi connectivity index (χ2n) is 2.75. The maximum absolute atomic E-state index is 12.3. The lowest BCUT2D eigenvalue weighted by Gasteiger charge is -2.11. The molecule has 0 heterocycles. The Morgan fingerprint density at radius 1 is 1.33 bits per heavy atom. The van der Waals surface area contributed by atoms with E-state index in [1.165, 1.54) is 6.07 Å². The highest BCUT2D eigenvalue weighted by molar-refractivity contribution is 6.33. The van der Waals surface area contributed by atoms with Gasteiger partial charge in [-0.2, -0.15) is 13.2 Å². The molecule has 0 amide bonds. The summed E-state index contributed by atoms with van der Waals surface area (Å²) in [6.45, 7) is 0.126. The molecule has 0 unspecified atom stereocenters. The highest BCUT2D eigenvalue weighted by Gasteiger charge is 2.30. The third kappa shape index (κ3) is 3.26. The molecule has 4 N–H and O–H groups in total. The number of hydrazine groups is 1. The van der Waals surface area contributed by atoms with Gasteiger partial charge in [-0.1, -0.05) is 11.6 Å². The molecular weight excluding hydrogens is 231 g/mol. The molecule has 0 aromatic heterocycles. The summed E-state index contributed by atoms with van der Waals surface area (Å²) >= 11 is 5.68. The third-order valence-electron chi connectivity index (χ3n) is 1.67. The van der Waals surface area contributed by atoms with Gasteiger partial charge in [0.15, 0.2) is 0 Å². The number of hydrogen-bond donors (Lipinski definition) is 3. The van der Waals surface area contributed by atoms with Crippen LogP contribution in [0.4, 0.5) is 18.9 Å². The van der Waals surface area contributed by atoms with Crippen LogP contribution in [0.3, 0.4) is 0 Å². The van der Waals surface area contributed by atoms with Crippen molar-refractivity contribution in [2.45, 2.75) is 6.18 Å². The number of anilines is 1. The predicted molar refractivity (Wildman–Crippen MR) is 52.3 cm³/mol. The number of nitrogens with two attached hydrogens (primary N) is 1. The first-order chi connectivity index (χ1) is 6.95. The summed E-state index contributed by atoms with van der Waals surface area (Å²) in [6, 6.07) is 3.03. The number of benzene rings is 1. The molecule has 15 heavy (non-hydrogen) atoms. The van der Waals surface area contributed by atoms with Crippen LogP contribution in [0.25, 0.3) is 0 Å². The molecule has 0 saturated carbocycles. The predicted octanol–water partition coefficient (Wildman–Crippen LogP) is 2.19. The lowest BCUT2D eigenvalue weighted by molar-refractivity contribution is -0.137. The van der Waals surface area contributed by atoms with Gasteiger partial charge in [-0.25, -0.2) is 5.43 Å². The summed E-state index contributed by atoms with van der Waals surface area (Å²) < 4.78 is 36.9. The summed E-state index contributed by atoms with van der Waals surface area (Å²) in [4.78, 5) is 0. The average molecular weight is 240 g/mol. The minimum atomic E-state index is -4.38. The van der Waals surface area contributed by atoms with Crippen LogP contribution in [0.15, 0.2) is 18.2 Å². The Balaban J connectivity index is 2.95. The van der Waals surface area contributed by atoms with Crippen molar-refractivity contribution in [3.8, 4) is 0 Å². The van der Waals surface area contributed by atoms with Gasteiger partial charge < -0.3 is 5.32 Å². The standard InChI is InChI=1S/C8H9ClF3N3/c9-6-2-1-5(8(10,11)12)3-7(6)14-4-15-13/h1-3,14-15H,4,13H2. The molecule has 1 aromatic carbocycles. The van der Waals surface area contributed by atoms with Gasteiger partial charge in [-0.15, -0.1) is 0 Å². The van der Waals surface area contributed by atoms with Crippen molar-refractivity contribution in [3.63, 3.8) is 0 Å². The van der Waals surface area contributed by atoms with E-state index < -0.39 is 11.7 Å². The van der Waals surface area contributed by atoms with Crippen molar-refractivity contribution in [2.75, 3.05) is 12.0 Å². The Bertz CT molecular complexity index is 340. The molecule has 0 aliphatic heterocycles. The van der Waals surface area contributed by atoms with Crippen LogP contribution in [0.2, 0.25) is 5.02 Å². The van der Waals surface area contributed by atoms with Crippen LogP contribution >= 0.6 is 11.6 Å². The van der Waals surface area contributed by atoms with E-state index in [1.807, 2.05) is 0 Å². The summed E-state index contributed by atoms with van der Waals surface area (Å²) in [6.07, 6.45) is -4.38. The van der Waals surface area contributed by atoms with E-state index in [1.54, 1.807) is 0 Å². The normalized spacial score (nSPS) is 11.5. The Morgan fingerprint density at radius 3 is 2.53 bits per heavy atom. The third-order valence-corrected chi connectivity index (χ3v) is 2.00. The van der Waals surface area contributed by atoms with Gasteiger partial charge in [-0.05, 0) is 18.2 Å². The fourth-order valence-corrected chi connectivity index (χ4v) is 1.17. The minimum absolute atomic E-state index is 0.126. The lowest BCUT2D eigenvalue weighted by Crippen LogP contribution is -2.28. The molecule has 1 rings (SSSR count). The zero-order chi connectivity index (χ0) is 11.5. The topological polar surface area (TPSA) is 50.1 Å². The number of nitrogens with one attached hydrogen (secondary N) is 2. The zero-order valence-electron chi connectivity index (χ0n) is 7.53. The van der Waals surface area contributed by atoms with Crippen molar-refractivity contribution in [3.05, 3.63) is 28.8 Å². The molecule has 0 spiro atoms. The monoisotopic (exact) mass is 239 g/mol. The Morgan fingerprint density at radius 2 is 2.00 bits per heavy atom. The summed E-state index contributed by atoms with van der Waals surface area (Å²) in [5.41, 5.74) is 1.68. The second-order valence-corrected chi connectivity index (χ2v) is 3.16. The van der Waals surface area contributed by atoms with E-state index in [0.29, 0.717) is 0 Å². The molecule has 3 nitrogen and oxygen atoms in total. The van der Waals surface area contributed by atoms with E-state index in [2.05, 4.69) is 10.7 Å². The van der Waals surface area contributed by atoms with Gasteiger partial charge in [0, 0.05) is 0 Å². The molecule has 0 fully saturated rings. The molecule has 0 aliphatic rings. The van der Waals surface area contributed by atoms with Crippen LogP contribution in [0, 0.1) is 0 Å². The summed E-state index contributed by atoms with van der Waals surface area (Å²) in [7, 11) is 0. The van der Waals surface area contributed by atoms with Crippen LogP contribution < -0.4 is 16.6 Å². The smallest absolute Gasteiger partial charge is 0.370 e. The van der Waals surface area contributed by atoms with Crippen molar-refractivity contribution < 1.29 is 13.2 Å². The van der Waals surface area contributed by atoms with Gasteiger partial charge in [0.1, 0.15) is 0 Å². The maximum Gasteiger partial charge on any atom is 0.416 e. The summed E-state index contributed by atoms with van der Waals surface area (Å²) in [5.74, 6) is 4.97. The second kappa shape index (κ2) is 4.69. The molecule has 7 heteroatoms. The number of halogens is 4. The minimum Gasteiger partial charge on any atom is -0.370 e. The Hall–Kier alpha value is -0.980. The van der Waals surface area contributed by atoms with E-state index >= 15 is 0 Å². The molecule has 0 radical (unpaired) electrons. The van der Waals surface area contributed by atoms with Gasteiger partial charge in [-0.3, -0.25) is 5.84 Å². The van der Waals surface area contributed by atoms with E-state index in [4.69, 9.17) is 17.4 Å². The molecule has 1 aromatic rings. The van der Waals surface area contributed by atoms with Gasteiger partial charge in [0.05, 0.1) is 22.9 Å².